The number of carbonyl (C=O) groups excluding carboxylic acids is 1. The highest BCUT2D eigenvalue weighted by molar-refractivity contribution is 7.89. The lowest BCUT2D eigenvalue weighted by molar-refractivity contribution is -0.119. The van der Waals surface area contributed by atoms with E-state index in [-0.39, 0.29) is 17.1 Å². The van der Waals surface area contributed by atoms with Gasteiger partial charge in [0.15, 0.2) is 5.96 Å². The Kier molecular flexibility index (Phi) is 5.85. The molecule has 9 heteroatoms. The molecule has 2 fully saturated rings. The summed E-state index contributed by atoms with van der Waals surface area (Å²) in [5.74, 6) is 0.972. The van der Waals surface area contributed by atoms with Gasteiger partial charge < -0.3 is 15.5 Å². The van der Waals surface area contributed by atoms with E-state index in [0.717, 1.165) is 38.4 Å². The fourth-order valence-corrected chi connectivity index (χ4v) is 3.86. The molecule has 0 aromatic rings. The summed E-state index contributed by atoms with van der Waals surface area (Å²) in [7, 11) is -1.44. The zero-order valence-electron chi connectivity index (χ0n) is 13.9. The van der Waals surface area contributed by atoms with Crippen LogP contribution in [0.3, 0.4) is 0 Å². The Hall–Kier alpha value is -1.35. The third kappa shape index (κ3) is 4.81. The molecule has 1 unspecified atom stereocenters. The van der Waals surface area contributed by atoms with E-state index in [2.05, 4.69) is 25.2 Å². The second-order valence-corrected chi connectivity index (χ2v) is 8.35. The fraction of sp³-hybridized carbons (Fsp3) is 0.857. The van der Waals surface area contributed by atoms with Gasteiger partial charge in [0.05, 0.1) is 5.75 Å². The number of sulfonamides is 1. The quantitative estimate of drug-likeness (QED) is 0.341. The van der Waals surface area contributed by atoms with Crippen LogP contribution in [0, 0.1) is 5.41 Å². The number of nitrogens with one attached hydrogen (secondary N) is 3. The summed E-state index contributed by atoms with van der Waals surface area (Å²) >= 11 is 0. The van der Waals surface area contributed by atoms with Crippen LogP contribution in [0.15, 0.2) is 4.99 Å². The third-order valence-corrected chi connectivity index (χ3v) is 5.88. The molecule has 1 spiro atoms. The van der Waals surface area contributed by atoms with E-state index in [1.165, 1.54) is 0 Å². The van der Waals surface area contributed by atoms with Gasteiger partial charge in [-0.05, 0) is 19.8 Å². The summed E-state index contributed by atoms with van der Waals surface area (Å²) in [6, 6.07) is 0. The average molecular weight is 345 g/mol. The summed E-state index contributed by atoms with van der Waals surface area (Å²) in [6.45, 7) is 4.84. The van der Waals surface area contributed by atoms with Crippen molar-refractivity contribution in [1.82, 2.24) is 20.3 Å². The highest BCUT2D eigenvalue weighted by atomic mass is 32.2. The molecule has 1 atom stereocenters. The van der Waals surface area contributed by atoms with E-state index in [4.69, 9.17) is 0 Å². The number of hydrogen-bond donors (Lipinski definition) is 3. The molecule has 132 valence electrons. The number of amides is 1. The van der Waals surface area contributed by atoms with Crippen LogP contribution in [0.2, 0.25) is 0 Å². The van der Waals surface area contributed by atoms with Gasteiger partial charge in [0.2, 0.25) is 15.9 Å². The number of piperidine rings is 1. The largest absolute Gasteiger partial charge is 0.355 e. The number of likely N-dealkylation sites (tertiary alicyclic amines) is 1. The van der Waals surface area contributed by atoms with E-state index in [0.29, 0.717) is 19.5 Å². The Morgan fingerprint density at radius 3 is 2.83 bits per heavy atom. The number of rotatable bonds is 5. The molecule has 0 aliphatic carbocycles. The van der Waals surface area contributed by atoms with Gasteiger partial charge in [-0.2, -0.15) is 0 Å². The van der Waals surface area contributed by atoms with Crippen molar-refractivity contribution >= 4 is 21.9 Å². The van der Waals surface area contributed by atoms with Crippen molar-refractivity contribution < 1.29 is 13.2 Å². The maximum Gasteiger partial charge on any atom is 0.220 e. The first-order valence-corrected chi connectivity index (χ1v) is 9.74. The highest BCUT2D eigenvalue weighted by Gasteiger charge is 2.42. The van der Waals surface area contributed by atoms with Crippen LogP contribution < -0.4 is 15.4 Å². The lowest BCUT2D eigenvalue weighted by Gasteiger charge is -2.40. The van der Waals surface area contributed by atoms with Crippen LogP contribution in [0.25, 0.3) is 0 Å². The Morgan fingerprint density at radius 1 is 1.43 bits per heavy atom. The lowest BCUT2D eigenvalue weighted by atomic mass is 9.79. The predicted octanol–water partition coefficient (Wildman–Crippen LogP) is -0.897. The topological polar surface area (TPSA) is 103 Å². The normalized spacial score (nSPS) is 25.7. The second kappa shape index (κ2) is 7.48. The number of guanidine groups is 1. The summed E-state index contributed by atoms with van der Waals surface area (Å²) in [4.78, 5) is 18.0. The zero-order valence-corrected chi connectivity index (χ0v) is 14.7. The average Bonchev–Trinajstić information content (AvgIpc) is 2.87. The van der Waals surface area contributed by atoms with Crippen LogP contribution in [-0.4, -0.2) is 70.7 Å². The molecular formula is C14H27N5O3S. The molecule has 0 aromatic carbocycles. The minimum atomic E-state index is -3.16. The number of hydrogen-bond acceptors (Lipinski definition) is 4. The van der Waals surface area contributed by atoms with E-state index in [1.54, 1.807) is 14.0 Å². The maximum atomic E-state index is 11.6. The zero-order chi connectivity index (χ0) is 16.9. The van der Waals surface area contributed by atoms with Crippen LogP contribution in [0.5, 0.6) is 0 Å². The molecule has 2 aliphatic rings. The number of nitrogens with zero attached hydrogens (tertiary/aromatic N) is 2. The van der Waals surface area contributed by atoms with Gasteiger partial charge >= 0.3 is 0 Å². The highest BCUT2D eigenvalue weighted by Crippen LogP contribution is 2.35. The van der Waals surface area contributed by atoms with Crippen LogP contribution >= 0.6 is 0 Å². The van der Waals surface area contributed by atoms with E-state index in [9.17, 15) is 13.2 Å². The van der Waals surface area contributed by atoms with Crippen molar-refractivity contribution in [3.8, 4) is 0 Å². The Morgan fingerprint density at radius 2 is 2.22 bits per heavy atom. The molecule has 0 saturated carbocycles. The smallest absolute Gasteiger partial charge is 0.220 e. The predicted molar refractivity (Wildman–Crippen MR) is 89.7 cm³/mol. The van der Waals surface area contributed by atoms with Crippen molar-refractivity contribution in [3.63, 3.8) is 0 Å². The Balaban J connectivity index is 1.85. The maximum absolute atomic E-state index is 11.6. The molecule has 1 amide bonds. The summed E-state index contributed by atoms with van der Waals surface area (Å²) in [5, 5.41) is 6.13. The van der Waals surface area contributed by atoms with Gasteiger partial charge in [-0.1, -0.05) is 0 Å². The molecule has 2 saturated heterocycles. The van der Waals surface area contributed by atoms with Crippen molar-refractivity contribution in [2.45, 2.75) is 26.2 Å². The van der Waals surface area contributed by atoms with Gasteiger partial charge in [-0.15, -0.1) is 0 Å². The van der Waals surface area contributed by atoms with Crippen molar-refractivity contribution in [2.75, 3.05) is 45.5 Å². The second-order valence-electron chi connectivity index (χ2n) is 6.25. The Labute approximate surface area is 138 Å². The van der Waals surface area contributed by atoms with Crippen LogP contribution in [0.1, 0.15) is 26.2 Å². The van der Waals surface area contributed by atoms with Gasteiger partial charge in [0.1, 0.15) is 0 Å². The molecule has 0 aromatic heterocycles. The van der Waals surface area contributed by atoms with Crippen molar-refractivity contribution in [3.05, 3.63) is 0 Å². The first-order chi connectivity index (χ1) is 10.9. The molecule has 2 aliphatic heterocycles. The standard InChI is InChI=1S/C14H27N5O3S/c1-3-23(21,22)18-7-6-16-13(15-2)19-8-4-5-14(11-19)9-12(20)17-10-14/h18H,3-11H2,1-2H3,(H,15,16)(H,17,20). The van der Waals surface area contributed by atoms with E-state index >= 15 is 0 Å². The van der Waals surface area contributed by atoms with Crippen LogP contribution in [-0.2, 0) is 14.8 Å². The van der Waals surface area contributed by atoms with Gasteiger partial charge in [0, 0.05) is 51.6 Å². The first-order valence-electron chi connectivity index (χ1n) is 8.09. The van der Waals surface area contributed by atoms with Gasteiger partial charge in [-0.25, -0.2) is 13.1 Å². The SMILES string of the molecule is CCS(=O)(=O)NCCNC(=NC)N1CCCC2(CNC(=O)C2)C1. The van der Waals surface area contributed by atoms with Gasteiger partial charge in [0.25, 0.3) is 0 Å². The molecule has 3 N–H and O–H groups in total. The summed E-state index contributed by atoms with van der Waals surface area (Å²) in [5.41, 5.74) is 0.0107. The van der Waals surface area contributed by atoms with Crippen LogP contribution in [0.4, 0.5) is 0 Å². The molecular weight excluding hydrogens is 318 g/mol. The van der Waals surface area contributed by atoms with E-state index in [1.807, 2.05) is 0 Å². The molecule has 2 heterocycles. The lowest BCUT2D eigenvalue weighted by Crippen LogP contribution is -2.52. The number of aliphatic imine (C=N–C) groups is 1. The summed E-state index contributed by atoms with van der Waals surface area (Å²) in [6.07, 6.45) is 2.66. The molecule has 8 nitrogen and oxygen atoms in total. The number of carbonyl (C=O) groups is 1. The van der Waals surface area contributed by atoms with Crippen molar-refractivity contribution in [2.24, 2.45) is 10.4 Å². The van der Waals surface area contributed by atoms with Crippen molar-refractivity contribution in [1.29, 1.82) is 0 Å². The third-order valence-electron chi connectivity index (χ3n) is 4.48. The fourth-order valence-electron chi connectivity index (χ4n) is 3.24. The minimum Gasteiger partial charge on any atom is -0.355 e. The molecule has 2 rings (SSSR count). The van der Waals surface area contributed by atoms with E-state index < -0.39 is 10.0 Å². The molecule has 0 bridgehead atoms. The Bertz CT molecular complexity index is 563. The first kappa shape index (κ1) is 18.0. The minimum absolute atomic E-state index is 0.0107. The molecule has 0 radical (unpaired) electrons. The summed E-state index contributed by atoms with van der Waals surface area (Å²) < 4.78 is 25.3. The monoisotopic (exact) mass is 345 g/mol. The molecule has 23 heavy (non-hydrogen) atoms. The van der Waals surface area contributed by atoms with Gasteiger partial charge in [-0.3, -0.25) is 9.79 Å².